The molecule has 0 aromatic heterocycles. The zero-order chi connectivity index (χ0) is 14.5. The SMILES string of the molecule is CCOP(=O)(OCC)[C@@H](N)c1cc(Cl)ccc1OC. The Morgan fingerprint density at radius 1 is 1.32 bits per heavy atom. The number of hydrogen-bond donors (Lipinski definition) is 1. The van der Waals surface area contributed by atoms with E-state index in [2.05, 4.69) is 0 Å². The van der Waals surface area contributed by atoms with Crippen molar-refractivity contribution >= 4 is 19.2 Å². The van der Waals surface area contributed by atoms with Crippen molar-refractivity contribution in [2.45, 2.75) is 19.6 Å². The first-order chi connectivity index (χ1) is 8.98. The second-order valence-electron chi connectivity index (χ2n) is 3.71. The van der Waals surface area contributed by atoms with Crippen LogP contribution in [0, 0.1) is 0 Å². The van der Waals surface area contributed by atoms with Gasteiger partial charge in [0.25, 0.3) is 0 Å². The average molecular weight is 308 g/mol. The van der Waals surface area contributed by atoms with Gasteiger partial charge >= 0.3 is 7.60 Å². The van der Waals surface area contributed by atoms with Crippen LogP contribution in [0.4, 0.5) is 0 Å². The van der Waals surface area contributed by atoms with Crippen molar-refractivity contribution in [2.75, 3.05) is 20.3 Å². The van der Waals surface area contributed by atoms with E-state index in [4.69, 9.17) is 31.1 Å². The van der Waals surface area contributed by atoms with Crippen LogP contribution in [0.15, 0.2) is 18.2 Å². The Morgan fingerprint density at radius 2 is 1.89 bits per heavy atom. The van der Waals surface area contributed by atoms with E-state index in [-0.39, 0.29) is 13.2 Å². The van der Waals surface area contributed by atoms with Crippen LogP contribution in [-0.2, 0) is 13.6 Å². The third kappa shape index (κ3) is 3.94. The highest BCUT2D eigenvalue weighted by Crippen LogP contribution is 2.59. The van der Waals surface area contributed by atoms with Crippen molar-refractivity contribution in [3.05, 3.63) is 28.8 Å². The fourth-order valence-corrected chi connectivity index (χ4v) is 3.50. The van der Waals surface area contributed by atoms with Gasteiger partial charge in [-0.05, 0) is 32.0 Å². The van der Waals surface area contributed by atoms with Gasteiger partial charge in [-0.15, -0.1) is 0 Å². The summed E-state index contributed by atoms with van der Waals surface area (Å²) in [5, 5.41) is 0.478. The molecule has 0 bridgehead atoms. The van der Waals surface area contributed by atoms with Crippen LogP contribution in [-0.4, -0.2) is 20.3 Å². The number of halogens is 1. The highest BCUT2D eigenvalue weighted by atomic mass is 35.5. The normalized spacial score (nSPS) is 13.3. The summed E-state index contributed by atoms with van der Waals surface area (Å²) in [6.45, 7) is 3.95. The number of rotatable bonds is 7. The molecule has 2 N–H and O–H groups in total. The minimum atomic E-state index is -3.45. The molecule has 0 amide bonds. The van der Waals surface area contributed by atoms with Gasteiger partial charge in [0.2, 0.25) is 0 Å². The van der Waals surface area contributed by atoms with Gasteiger partial charge < -0.3 is 19.5 Å². The van der Waals surface area contributed by atoms with Gasteiger partial charge in [0.1, 0.15) is 11.5 Å². The molecule has 1 aromatic rings. The Kier molecular flexibility index (Phi) is 6.30. The molecule has 0 radical (unpaired) electrons. The molecule has 0 saturated carbocycles. The lowest BCUT2D eigenvalue weighted by Crippen LogP contribution is -2.16. The van der Waals surface area contributed by atoms with Crippen molar-refractivity contribution in [3.8, 4) is 5.75 Å². The maximum absolute atomic E-state index is 12.6. The second kappa shape index (κ2) is 7.27. The van der Waals surface area contributed by atoms with Crippen LogP contribution in [0.3, 0.4) is 0 Å². The molecule has 0 spiro atoms. The Balaban J connectivity index is 3.19. The maximum Gasteiger partial charge on any atom is 0.351 e. The van der Waals surface area contributed by atoms with Gasteiger partial charge in [-0.1, -0.05) is 11.6 Å². The molecular weight excluding hydrogens is 289 g/mol. The molecule has 19 heavy (non-hydrogen) atoms. The highest BCUT2D eigenvalue weighted by molar-refractivity contribution is 7.54. The van der Waals surface area contributed by atoms with E-state index in [1.165, 1.54) is 7.11 Å². The third-order valence-electron chi connectivity index (χ3n) is 2.47. The Hall–Kier alpha value is -0.580. The summed E-state index contributed by atoms with van der Waals surface area (Å²) in [7, 11) is -1.95. The molecule has 0 aliphatic carbocycles. The van der Waals surface area contributed by atoms with Gasteiger partial charge in [0.15, 0.2) is 0 Å². The summed E-state index contributed by atoms with van der Waals surface area (Å²) < 4.78 is 28.3. The molecule has 1 rings (SSSR count). The molecule has 7 heteroatoms. The van der Waals surface area contributed by atoms with E-state index in [9.17, 15) is 4.57 Å². The first kappa shape index (κ1) is 16.5. The van der Waals surface area contributed by atoms with Gasteiger partial charge in [-0.25, -0.2) is 0 Å². The molecule has 0 fully saturated rings. The van der Waals surface area contributed by atoms with Crippen LogP contribution in [0.1, 0.15) is 25.2 Å². The standard InChI is InChI=1S/C12H19ClNO4P/c1-4-17-19(15,18-5-2)12(14)10-8-9(13)6-7-11(10)16-3/h6-8,12H,4-5,14H2,1-3H3/t12-/m1/s1. The number of ether oxygens (including phenoxy) is 1. The van der Waals surface area contributed by atoms with Crippen LogP contribution in [0.2, 0.25) is 5.02 Å². The van der Waals surface area contributed by atoms with Crippen LogP contribution in [0.25, 0.3) is 0 Å². The lowest BCUT2D eigenvalue weighted by Gasteiger charge is -2.24. The molecule has 0 aliphatic rings. The molecule has 108 valence electrons. The summed E-state index contributed by atoms with van der Waals surface area (Å²) in [5.74, 6) is -0.447. The number of methoxy groups -OCH3 is 1. The fourth-order valence-electron chi connectivity index (χ4n) is 1.66. The quantitative estimate of drug-likeness (QED) is 0.780. The average Bonchev–Trinajstić information content (AvgIpc) is 2.38. The van der Waals surface area contributed by atoms with Crippen molar-refractivity contribution in [1.29, 1.82) is 0 Å². The zero-order valence-electron chi connectivity index (χ0n) is 11.3. The molecule has 0 unspecified atom stereocenters. The molecule has 0 saturated heterocycles. The molecule has 1 aromatic carbocycles. The van der Waals surface area contributed by atoms with Gasteiger partial charge in [-0.2, -0.15) is 0 Å². The lowest BCUT2D eigenvalue weighted by atomic mass is 10.2. The summed E-state index contributed by atoms with van der Waals surface area (Å²) in [4.78, 5) is 0. The van der Waals surface area contributed by atoms with Gasteiger partial charge in [0, 0.05) is 10.6 Å². The van der Waals surface area contributed by atoms with E-state index in [0.29, 0.717) is 16.3 Å². The monoisotopic (exact) mass is 307 g/mol. The minimum absolute atomic E-state index is 0.244. The number of hydrogen-bond acceptors (Lipinski definition) is 5. The van der Waals surface area contributed by atoms with E-state index >= 15 is 0 Å². The summed E-state index contributed by atoms with van der Waals surface area (Å²) in [6.07, 6.45) is 0. The van der Waals surface area contributed by atoms with Crippen LogP contribution < -0.4 is 10.5 Å². The summed E-state index contributed by atoms with van der Waals surface area (Å²) in [5.41, 5.74) is 6.54. The largest absolute Gasteiger partial charge is 0.496 e. The molecule has 0 aliphatic heterocycles. The Labute approximate surface area is 118 Å². The van der Waals surface area contributed by atoms with Crippen molar-refractivity contribution in [1.82, 2.24) is 0 Å². The molecule has 1 atom stereocenters. The predicted molar refractivity (Wildman–Crippen MR) is 75.8 cm³/mol. The van der Waals surface area contributed by atoms with E-state index in [1.807, 2.05) is 0 Å². The van der Waals surface area contributed by atoms with E-state index in [0.717, 1.165) is 0 Å². The zero-order valence-corrected chi connectivity index (χ0v) is 12.9. The Bertz CT molecular complexity index is 459. The number of benzene rings is 1. The van der Waals surface area contributed by atoms with Crippen molar-refractivity contribution in [2.24, 2.45) is 5.73 Å². The molecule has 0 heterocycles. The topological polar surface area (TPSA) is 70.8 Å². The first-order valence-corrected chi connectivity index (χ1v) is 7.95. The lowest BCUT2D eigenvalue weighted by molar-refractivity contribution is 0.212. The minimum Gasteiger partial charge on any atom is -0.496 e. The molecular formula is C12H19ClNO4P. The van der Waals surface area contributed by atoms with Crippen LogP contribution >= 0.6 is 19.2 Å². The maximum atomic E-state index is 12.6. The fraction of sp³-hybridized carbons (Fsp3) is 0.500. The smallest absolute Gasteiger partial charge is 0.351 e. The molecule has 5 nitrogen and oxygen atoms in total. The third-order valence-corrected chi connectivity index (χ3v) is 4.90. The summed E-state index contributed by atoms with van der Waals surface area (Å²) in [6, 6.07) is 4.94. The van der Waals surface area contributed by atoms with Crippen LogP contribution in [0.5, 0.6) is 5.75 Å². The predicted octanol–water partition coefficient (Wildman–Crippen LogP) is 3.57. The second-order valence-corrected chi connectivity index (χ2v) is 6.30. The van der Waals surface area contributed by atoms with Crippen molar-refractivity contribution in [3.63, 3.8) is 0 Å². The number of nitrogens with two attached hydrogens (primary N) is 1. The van der Waals surface area contributed by atoms with Gasteiger partial charge in [0.05, 0.1) is 20.3 Å². The highest BCUT2D eigenvalue weighted by Gasteiger charge is 2.35. The van der Waals surface area contributed by atoms with Gasteiger partial charge in [-0.3, -0.25) is 4.57 Å². The van der Waals surface area contributed by atoms with E-state index < -0.39 is 13.4 Å². The summed E-state index contributed by atoms with van der Waals surface area (Å²) >= 11 is 5.94. The first-order valence-electron chi connectivity index (χ1n) is 5.96. The Morgan fingerprint density at radius 3 is 2.37 bits per heavy atom. The van der Waals surface area contributed by atoms with E-state index in [1.54, 1.807) is 32.0 Å². The van der Waals surface area contributed by atoms with Crippen molar-refractivity contribution < 1.29 is 18.3 Å².